The molecule has 4 aliphatic carbocycles. The summed E-state index contributed by atoms with van der Waals surface area (Å²) < 4.78 is 0. The van der Waals surface area contributed by atoms with Gasteiger partial charge in [-0.05, 0) is 97.7 Å². The second kappa shape index (κ2) is 8.34. The predicted molar refractivity (Wildman–Crippen MR) is 127 cm³/mol. The third-order valence-corrected chi connectivity index (χ3v) is 11.2. The van der Waals surface area contributed by atoms with Crippen molar-refractivity contribution in [1.82, 2.24) is 0 Å². The van der Waals surface area contributed by atoms with Crippen molar-refractivity contribution in [1.29, 1.82) is 0 Å². The van der Waals surface area contributed by atoms with Crippen LogP contribution in [0.3, 0.4) is 0 Å². The predicted octanol–water partition coefficient (Wildman–Crippen LogP) is 4.98. The van der Waals surface area contributed by atoms with E-state index in [2.05, 4.69) is 20.8 Å². The fourth-order valence-electron chi connectivity index (χ4n) is 9.07. The Kier molecular flexibility index (Phi) is 6.43. The van der Waals surface area contributed by atoms with Crippen LogP contribution in [0.1, 0.15) is 99.3 Å². The monoisotopic (exact) mass is 448 g/mol. The average molecular weight is 449 g/mol. The molecule has 0 heterocycles. The molecule has 184 valence electrons. The molecule has 0 saturated heterocycles. The quantitative estimate of drug-likeness (QED) is 0.567. The molecule has 4 saturated carbocycles. The van der Waals surface area contributed by atoms with Gasteiger partial charge in [0.05, 0.1) is 18.3 Å². The van der Waals surface area contributed by atoms with Crippen molar-refractivity contribution in [3.63, 3.8) is 0 Å². The third kappa shape index (κ3) is 3.81. The Balaban J connectivity index is 1.55. The second-order valence-electron chi connectivity index (χ2n) is 13.7. The molecule has 0 spiro atoms. The molecule has 4 nitrogen and oxygen atoms in total. The van der Waals surface area contributed by atoms with Crippen LogP contribution in [0.2, 0.25) is 0 Å². The number of hydrogen-bond donors (Lipinski definition) is 3. The average Bonchev–Trinajstić information content (AvgIpc) is 3.06. The number of aliphatic hydroxyl groups excluding tert-OH is 3. The van der Waals surface area contributed by atoms with Crippen LogP contribution >= 0.6 is 0 Å². The lowest BCUT2D eigenvalue weighted by Gasteiger charge is -2.63. The van der Waals surface area contributed by atoms with Crippen molar-refractivity contribution in [2.45, 2.75) is 118 Å². The highest BCUT2D eigenvalue weighted by atomic mass is 16.3. The summed E-state index contributed by atoms with van der Waals surface area (Å²) in [5, 5.41) is 33.3. The first-order valence-corrected chi connectivity index (χ1v) is 13.4. The smallest absolute Gasteiger partial charge is 0.138 e. The summed E-state index contributed by atoms with van der Waals surface area (Å²) in [4.78, 5) is 12.5. The molecule has 4 fully saturated rings. The van der Waals surface area contributed by atoms with Gasteiger partial charge in [0.2, 0.25) is 0 Å². The molecule has 4 aliphatic rings. The summed E-state index contributed by atoms with van der Waals surface area (Å²) in [5.74, 6) is 2.44. The zero-order chi connectivity index (χ0) is 23.6. The van der Waals surface area contributed by atoms with Gasteiger partial charge in [-0.2, -0.15) is 0 Å². The molecule has 4 rings (SSSR count). The molecule has 4 heteroatoms. The number of carbonyl (C=O) groups excluding carboxylic acids is 1. The Morgan fingerprint density at radius 3 is 2.34 bits per heavy atom. The maximum Gasteiger partial charge on any atom is 0.138 e. The van der Waals surface area contributed by atoms with Crippen molar-refractivity contribution >= 4 is 5.78 Å². The van der Waals surface area contributed by atoms with Crippen LogP contribution in [0.15, 0.2) is 0 Å². The highest BCUT2D eigenvalue weighted by Gasteiger charge is 2.65. The SMILES string of the molecule is C[C@H](CCC(=O)C(C)(C)C)[C@H]1CCC2C3C(O)C[C@@H]4C[C@H](O)CC[C@]4(C)[C@H]3C[C@H](O)[C@@]21C. The fraction of sp³-hybridized carbons (Fsp3) is 0.964. The summed E-state index contributed by atoms with van der Waals surface area (Å²) >= 11 is 0. The van der Waals surface area contributed by atoms with Gasteiger partial charge >= 0.3 is 0 Å². The van der Waals surface area contributed by atoms with E-state index in [1.807, 2.05) is 20.8 Å². The number of ketones is 1. The van der Waals surface area contributed by atoms with Crippen LogP contribution in [-0.2, 0) is 4.79 Å². The van der Waals surface area contributed by atoms with Gasteiger partial charge in [-0.1, -0.05) is 41.5 Å². The van der Waals surface area contributed by atoms with Crippen LogP contribution in [0.25, 0.3) is 0 Å². The topological polar surface area (TPSA) is 77.8 Å². The minimum Gasteiger partial charge on any atom is -0.393 e. The molecule has 0 aromatic heterocycles. The van der Waals surface area contributed by atoms with Crippen LogP contribution in [0, 0.1) is 51.8 Å². The van der Waals surface area contributed by atoms with Crippen molar-refractivity contribution in [3.8, 4) is 0 Å². The number of hydrogen-bond acceptors (Lipinski definition) is 4. The summed E-state index contributed by atoms with van der Waals surface area (Å²) in [5.41, 5.74) is -0.344. The Morgan fingerprint density at radius 2 is 1.69 bits per heavy atom. The van der Waals surface area contributed by atoms with E-state index in [-0.39, 0.29) is 40.5 Å². The van der Waals surface area contributed by atoms with E-state index in [0.29, 0.717) is 41.8 Å². The van der Waals surface area contributed by atoms with E-state index < -0.39 is 0 Å². The van der Waals surface area contributed by atoms with Gasteiger partial charge in [0, 0.05) is 11.8 Å². The van der Waals surface area contributed by atoms with Crippen molar-refractivity contribution < 1.29 is 20.1 Å². The van der Waals surface area contributed by atoms with E-state index >= 15 is 0 Å². The summed E-state index contributed by atoms with van der Waals surface area (Å²) in [7, 11) is 0. The number of aliphatic hydroxyl groups is 3. The minimum absolute atomic E-state index is 0.119. The van der Waals surface area contributed by atoms with Gasteiger partial charge in [0.1, 0.15) is 5.78 Å². The minimum atomic E-state index is -0.350. The summed E-state index contributed by atoms with van der Waals surface area (Å²) in [6.07, 6.45) is 7.03. The summed E-state index contributed by atoms with van der Waals surface area (Å²) in [6, 6.07) is 0. The van der Waals surface area contributed by atoms with E-state index in [1.165, 1.54) is 0 Å². The van der Waals surface area contributed by atoms with E-state index in [4.69, 9.17) is 0 Å². The second-order valence-corrected chi connectivity index (χ2v) is 13.7. The largest absolute Gasteiger partial charge is 0.393 e. The lowest BCUT2D eigenvalue weighted by Crippen LogP contribution is -2.62. The maximum atomic E-state index is 12.5. The Labute approximate surface area is 195 Å². The van der Waals surface area contributed by atoms with Gasteiger partial charge < -0.3 is 15.3 Å². The zero-order valence-corrected chi connectivity index (χ0v) is 21.3. The molecular formula is C28H48O4. The van der Waals surface area contributed by atoms with Crippen molar-refractivity contribution in [3.05, 3.63) is 0 Å². The number of carbonyl (C=O) groups is 1. The maximum absolute atomic E-state index is 12.5. The van der Waals surface area contributed by atoms with Crippen molar-refractivity contribution in [2.75, 3.05) is 0 Å². The summed E-state index contributed by atoms with van der Waals surface area (Å²) in [6.45, 7) is 13.0. The lowest BCUT2D eigenvalue weighted by atomic mass is 9.43. The first kappa shape index (κ1) is 24.7. The van der Waals surface area contributed by atoms with Gasteiger partial charge in [-0.3, -0.25) is 4.79 Å². The lowest BCUT2D eigenvalue weighted by molar-refractivity contribution is -0.207. The highest BCUT2D eigenvalue weighted by Crippen LogP contribution is 2.68. The highest BCUT2D eigenvalue weighted by molar-refractivity contribution is 5.83. The number of rotatable bonds is 4. The normalized spacial score (nSPS) is 49.7. The molecule has 0 radical (unpaired) electrons. The first-order valence-electron chi connectivity index (χ1n) is 13.4. The van der Waals surface area contributed by atoms with Crippen LogP contribution < -0.4 is 0 Å². The molecule has 11 atom stereocenters. The van der Waals surface area contributed by atoms with Crippen LogP contribution in [0.5, 0.6) is 0 Å². The number of fused-ring (bicyclic) bond motifs is 5. The zero-order valence-electron chi connectivity index (χ0n) is 21.3. The number of Topliss-reactive ketones (excluding diaryl/α,β-unsaturated/α-hetero) is 1. The van der Waals surface area contributed by atoms with Gasteiger partial charge in [0.15, 0.2) is 0 Å². The fourth-order valence-corrected chi connectivity index (χ4v) is 9.07. The van der Waals surface area contributed by atoms with Gasteiger partial charge in [-0.25, -0.2) is 0 Å². The molecule has 3 unspecified atom stereocenters. The molecule has 32 heavy (non-hydrogen) atoms. The molecule has 0 amide bonds. The van der Waals surface area contributed by atoms with Crippen molar-refractivity contribution in [2.24, 2.45) is 51.8 Å². The Hall–Kier alpha value is -0.450. The Bertz CT molecular complexity index is 713. The van der Waals surface area contributed by atoms with E-state index in [1.54, 1.807) is 0 Å². The Morgan fingerprint density at radius 1 is 1.00 bits per heavy atom. The van der Waals surface area contributed by atoms with Crippen LogP contribution in [-0.4, -0.2) is 39.4 Å². The molecule has 0 aliphatic heterocycles. The molecule has 0 bridgehead atoms. The molecule has 0 aromatic carbocycles. The molecular weight excluding hydrogens is 400 g/mol. The van der Waals surface area contributed by atoms with E-state index in [9.17, 15) is 20.1 Å². The first-order chi connectivity index (χ1) is 14.8. The molecule has 3 N–H and O–H groups in total. The van der Waals surface area contributed by atoms with Crippen LogP contribution in [0.4, 0.5) is 0 Å². The van der Waals surface area contributed by atoms with Gasteiger partial charge in [-0.15, -0.1) is 0 Å². The standard InChI is InChI=1S/C28H48O4/c1-16(7-10-23(31)26(2,3)4)19-8-9-20-25-21(15-24(32)28(19,20)6)27(5)12-11-18(29)13-17(27)14-22(25)30/h16-22,24-25,29-30,32H,7-15H2,1-6H3/t16-,17+,18-,19-,20?,21+,22?,24+,25?,27+,28-/m1/s1. The molecule has 0 aromatic rings. The van der Waals surface area contributed by atoms with Gasteiger partial charge in [0.25, 0.3) is 0 Å². The third-order valence-electron chi connectivity index (χ3n) is 11.2. The van der Waals surface area contributed by atoms with E-state index in [0.717, 1.165) is 51.4 Å².